The zero-order valence-electron chi connectivity index (χ0n) is 10.9. The number of hydrogen-bond acceptors (Lipinski definition) is 2. The molecule has 3 aliphatic carbocycles. The van der Waals surface area contributed by atoms with Crippen LogP contribution in [0.3, 0.4) is 0 Å². The minimum atomic E-state index is 0.295. The highest BCUT2D eigenvalue weighted by Crippen LogP contribution is 2.57. The molecule has 0 aliphatic heterocycles. The summed E-state index contributed by atoms with van der Waals surface area (Å²) in [6, 6.07) is 0.396. The maximum atomic E-state index is 12.0. The van der Waals surface area contributed by atoms with Gasteiger partial charge in [-0.3, -0.25) is 4.79 Å². The highest BCUT2D eigenvalue weighted by Gasteiger charge is 2.59. The molecule has 1 N–H and O–H groups in total. The molecule has 17 heavy (non-hydrogen) atoms. The van der Waals surface area contributed by atoms with E-state index in [1.807, 2.05) is 0 Å². The van der Waals surface area contributed by atoms with Gasteiger partial charge in [-0.25, -0.2) is 0 Å². The molecule has 0 saturated heterocycles. The molecule has 4 atom stereocenters. The fraction of sp³-hybridized carbons (Fsp3) is 0.929. The van der Waals surface area contributed by atoms with Crippen LogP contribution in [0.25, 0.3) is 0 Å². The van der Waals surface area contributed by atoms with Crippen LogP contribution in [0.5, 0.6) is 0 Å². The van der Waals surface area contributed by atoms with Gasteiger partial charge in [0.15, 0.2) is 0 Å². The predicted octanol–water partition coefficient (Wildman–Crippen LogP) is 2.11. The van der Waals surface area contributed by atoms with E-state index < -0.39 is 0 Å². The number of rotatable bonds is 4. The number of carbonyl (C=O) groups is 1. The lowest BCUT2D eigenvalue weighted by atomic mass is 9.51. The predicted molar refractivity (Wildman–Crippen MR) is 65.5 cm³/mol. The van der Waals surface area contributed by atoms with Crippen molar-refractivity contribution >= 4 is 5.91 Å². The van der Waals surface area contributed by atoms with E-state index >= 15 is 0 Å². The van der Waals surface area contributed by atoms with Gasteiger partial charge in [0.05, 0.1) is 6.10 Å². The molecule has 1 spiro atoms. The van der Waals surface area contributed by atoms with Crippen LogP contribution in [0.4, 0.5) is 0 Å². The first-order chi connectivity index (χ1) is 8.17. The summed E-state index contributed by atoms with van der Waals surface area (Å²) >= 11 is 0. The second-order valence-corrected chi connectivity index (χ2v) is 6.15. The monoisotopic (exact) mass is 237 g/mol. The summed E-state index contributed by atoms with van der Waals surface area (Å²) in [7, 11) is 0. The smallest absolute Gasteiger partial charge is 0.223 e. The molecule has 0 bridgehead atoms. The summed E-state index contributed by atoms with van der Waals surface area (Å²) in [5, 5.41) is 3.27. The Kier molecular flexibility index (Phi) is 2.69. The second-order valence-electron chi connectivity index (χ2n) is 6.15. The van der Waals surface area contributed by atoms with Gasteiger partial charge in [-0.2, -0.15) is 0 Å². The molecule has 0 aromatic rings. The van der Waals surface area contributed by atoms with Crippen LogP contribution in [-0.4, -0.2) is 24.7 Å². The summed E-state index contributed by atoms with van der Waals surface area (Å²) in [4.78, 5) is 12.0. The van der Waals surface area contributed by atoms with Crippen LogP contribution in [0.15, 0.2) is 0 Å². The van der Waals surface area contributed by atoms with Crippen LogP contribution in [0.1, 0.15) is 46.0 Å². The molecule has 3 rings (SSSR count). The van der Waals surface area contributed by atoms with Crippen molar-refractivity contribution in [3.8, 4) is 0 Å². The zero-order valence-corrected chi connectivity index (χ0v) is 10.9. The van der Waals surface area contributed by atoms with Gasteiger partial charge in [-0.05, 0) is 38.5 Å². The lowest BCUT2D eigenvalue weighted by Gasteiger charge is -2.61. The highest BCUT2D eigenvalue weighted by atomic mass is 16.5. The zero-order chi connectivity index (χ0) is 12.0. The molecule has 96 valence electrons. The molecular formula is C14H23NO2. The summed E-state index contributed by atoms with van der Waals surface area (Å²) < 4.78 is 5.79. The SMILES string of the molecule is CCOC1CC(NC(=O)C2CC2C)C12CCC2. The molecule has 4 unspecified atom stereocenters. The first kappa shape index (κ1) is 11.5. The first-order valence-electron chi connectivity index (χ1n) is 7.09. The summed E-state index contributed by atoms with van der Waals surface area (Å²) in [5.74, 6) is 1.21. The van der Waals surface area contributed by atoms with Crippen LogP contribution >= 0.6 is 0 Å². The lowest BCUT2D eigenvalue weighted by Crippen LogP contribution is -2.67. The van der Waals surface area contributed by atoms with Gasteiger partial charge in [0.1, 0.15) is 0 Å². The Morgan fingerprint density at radius 3 is 2.59 bits per heavy atom. The van der Waals surface area contributed by atoms with E-state index in [0.717, 1.165) is 19.4 Å². The van der Waals surface area contributed by atoms with Crippen LogP contribution in [0.2, 0.25) is 0 Å². The van der Waals surface area contributed by atoms with Crippen LogP contribution in [-0.2, 0) is 9.53 Å². The van der Waals surface area contributed by atoms with E-state index in [4.69, 9.17) is 4.74 Å². The maximum Gasteiger partial charge on any atom is 0.223 e. The Morgan fingerprint density at radius 2 is 2.12 bits per heavy atom. The van der Waals surface area contributed by atoms with Crippen LogP contribution < -0.4 is 5.32 Å². The Balaban J connectivity index is 1.56. The quantitative estimate of drug-likeness (QED) is 0.813. The molecule has 0 aromatic heterocycles. The van der Waals surface area contributed by atoms with Gasteiger partial charge in [-0.1, -0.05) is 13.3 Å². The number of ether oxygens (including phenoxy) is 1. The van der Waals surface area contributed by atoms with Gasteiger partial charge >= 0.3 is 0 Å². The summed E-state index contributed by atoms with van der Waals surface area (Å²) in [6.45, 7) is 5.02. The Hall–Kier alpha value is -0.570. The van der Waals surface area contributed by atoms with E-state index in [9.17, 15) is 4.79 Å². The standard InChI is InChI=1S/C14H23NO2/c1-3-17-12-8-11(14(12)5-4-6-14)15-13(16)10-7-9(10)2/h9-12H,3-8H2,1-2H3,(H,15,16). The average molecular weight is 237 g/mol. The fourth-order valence-electron chi connectivity index (χ4n) is 3.61. The Morgan fingerprint density at radius 1 is 1.41 bits per heavy atom. The molecule has 3 nitrogen and oxygen atoms in total. The van der Waals surface area contributed by atoms with Gasteiger partial charge in [0.25, 0.3) is 0 Å². The molecule has 1 amide bonds. The van der Waals surface area contributed by atoms with Crippen molar-refractivity contribution in [1.82, 2.24) is 5.32 Å². The molecule has 0 radical (unpaired) electrons. The highest BCUT2D eigenvalue weighted by molar-refractivity contribution is 5.82. The topological polar surface area (TPSA) is 38.3 Å². The number of nitrogens with one attached hydrogen (secondary N) is 1. The van der Waals surface area contributed by atoms with Gasteiger partial charge < -0.3 is 10.1 Å². The average Bonchev–Trinajstić information content (AvgIpc) is 2.91. The second kappa shape index (κ2) is 3.98. The van der Waals surface area contributed by atoms with E-state index in [1.54, 1.807) is 0 Å². The van der Waals surface area contributed by atoms with Crippen molar-refractivity contribution in [2.45, 2.75) is 58.1 Å². The van der Waals surface area contributed by atoms with Crippen molar-refractivity contribution in [1.29, 1.82) is 0 Å². The largest absolute Gasteiger partial charge is 0.378 e. The van der Waals surface area contributed by atoms with Crippen molar-refractivity contribution in [3.05, 3.63) is 0 Å². The maximum absolute atomic E-state index is 12.0. The number of carbonyl (C=O) groups excluding carboxylic acids is 1. The van der Waals surface area contributed by atoms with Crippen molar-refractivity contribution in [2.75, 3.05) is 6.61 Å². The molecular weight excluding hydrogens is 214 g/mol. The van der Waals surface area contributed by atoms with Crippen molar-refractivity contribution in [2.24, 2.45) is 17.3 Å². The molecule has 0 aromatic carbocycles. The van der Waals surface area contributed by atoms with Crippen molar-refractivity contribution < 1.29 is 9.53 Å². The van der Waals surface area contributed by atoms with E-state index in [1.165, 1.54) is 19.3 Å². The molecule has 3 saturated carbocycles. The number of hydrogen-bond donors (Lipinski definition) is 1. The van der Waals surface area contributed by atoms with E-state index in [2.05, 4.69) is 19.2 Å². The summed E-state index contributed by atoms with van der Waals surface area (Å²) in [6.07, 6.45) is 6.30. The number of amides is 1. The van der Waals surface area contributed by atoms with Gasteiger partial charge in [0, 0.05) is 24.0 Å². The third-order valence-corrected chi connectivity index (χ3v) is 5.20. The minimum Gasteiger partial charge on any atom is -0.378 e. The Labute approximate surface area is 103 Å². The molecule has 3 fully saturated rings. The normalized spacial score (nSPS) is 41.5. The third kappa shape index (κ3) is 1.70. The van der Waals surface area contributed by atoms with Gasteiger partial charge in [-0.15, -0.1) is 0 Å². The third-order valence-electron chi connectivity index (χ3n) is 5.20. The first-order valence-corrected chi connectivity index (χ1v) is 7.09. The molecule has 0 heterocycles. The molecule has 3 aliphatic rings. The Bertz CT molecular complexity index is 324. The molecule has 3 heteroatoms. The summed E-state index contributed by atoms with van der Waals surface area (Å²) in [5.41, 5.74) is 0.309. The van der Waals surface area contributed by atoms with E-state index in [0.29, 0.717) is 35.3 Å². The van der Waals surface area contributed by atoms with E-state index in [-0.39, 0.29) is 0 Å². The lowest BCUT2D eigenvalue weighted by molar-refractivity contribution is -0.176. The minimum absolute atomic E-state index is 0.295. The van der Waals surface area contributed by atoms with Crippen LogP contribution in [0, 0.1) is 17.3 Å². The fourth-order valence-corrected chi connectivity index (χ4v) is 3.61. The van der Waals surface area contributed by atoms with Crippen molar-refractivity contribution in [3.63, 3.8) is 0 Å². The van der Waals surface area contributed by atoms with Gasteiger partial charge in [0.2, 0.25) is 5.91 Å².